The van der Waals surface area contributed by atoms with Crippen LogP contribution in [0.2, 0.25) is 0 Å². The Bertz CT molecular complexity index is 796. The molecule has 5 nitrogen and oxygen atoms in total. The monoisotopic (exact) mass is 305 g/mol. The van der Waals surface area contributed by atoms with Crippen molar-refractivity contribution in [1.29, 1.82) is 0 Å². The number of nitrogens with zero attached hydrogens (tertiary/aromatic N) is 1. The van der Waals surface area contributed by atoms with Crippen molar-refractivity contribution in [3.63, 3.8) is 0 Å². The third-order valence-electron chi connectivity index (χ3n) is 2.83. The number of rotatable bonds is 4. The number of carbonyl (C=O) groups is 1. The minimum atomic E-state index is -0.768. The molecular formula is C15H9F2NO4. The van der Waals surface area contributed by atoms with Gasteiger partial charge in [-0.3, -0.25) is 0 Å². The normalized spacial score (nSPS) is 10.6. The first-order valence-electron chi connectivity index (χ1n) is 6.25. The van der Waals surface area contributed by atoms with Crippen molar-refractivity contribution in [1.82, 2.24) is 5.16 Å². The highest BCUT2D eigenvalue weighted by atomic mass is 19.1. The van der Waals surface area contributed by atoms with Crippen molar-refractivity contribution in [3.8, 4) is 11.3 Å². The van der Waals surface area contributed by atoms with E-state index in [1.165, 1.54) is 24.5 Å². The number of hydrogen-bond acceptors (Lipinski definition) is 5. The second kappa shape index (κ2) is 5.80. The van der Waals surface area contributed by atoms with Crippen molar-refractivity contribution < 1.29 is 27.3 Å². The Hall–Kier alpha value is -2.96. The SMILES string of the molecule is O=C(OCc1cc(-c2ccc(F)cc2F)on1)c1ccco1. The number of aromatic nitrogens is 1. The summed E-state index contributed by atoms with van der Waals surface area (Å²) >= 11 is 0. The fourth-order valence-electron chi connectivity index (χ4n) is 1.80. The summed E-state index contributed by atoms with van der Waals surface area (Å²) in [5.41, 5.74) is 0.358. The van der Waals surface area contributed by atoms with Gasteiger partial charge in [0.1, 0.15) is 23.9 Å². The van der Waals surface area contributed by atoms with E-state index >= 15 is 0 Å². The number of ether oxygens (including phenoxy) is 1. The number of hydrogen-bond donors (Lipinski definition) is 0. The molecule has 2 heterocycles. The minimum Gasteiger partial charge on any atom is -0.457 e. The van der Waals surface area contributed by atoms with Gasteiger partial charge in [-0.2, -0.15) is 0 Å². The van der Waals surface area contributed by atoms with Crippen LogP contribution in [0.25, 0.3) is 11.3 Å². The molecule has 0 amide bonds. The van der Waals surface area contributed by atoms with Crippen molar-refractivity contribution in [2.75, 3.05) is 0 Å². The summed E-state index contributed by atoms with van der Waals surface area (Å²) in [6.45, 7) is -0.161. The first kappa shape index (κ1) is 14.0. The van der Waals surface area contributed by atoms with E-state index in [-0.39, 0.29) is 23.7 Å². The molecule has 0 aliphatic rings. The summed E-state index contributed by atoms with van der Waals surface area (Å²) in [6.07, 6.45) is 1.35. The van der Waals surface area contributed by atoms with Gasteiger partial charge in [-0.1, -0.05) is 5.16 Å². The molecule has 0 saturated carbocycles. The third-order valence-corrected chi connectivity index (χ3v) is 2.83. The Morgan fingerprint density at radius 1 is 1.23 bits per heavy atom. The van der Waals surface area contributed by atoms with Crippen LogP contribution in [0.4, 0.5) is 8.78 Å². The molecule has 0 N–H and O–H groups in total. The van der Waals surface area contributed by atoms with Crippen LogP contribution >= 0.6 is 0 Å². The first-order valence-corrected chi connectivity index (χ1v) is 6.25. The summed E-state index contributed by atoms with van der Waals surface area (Å²) in [6, 6.07) is 7.52. The molecule has 3 aromatic rings. The zero-order valence-corrected chi connectivity index (χ0v) is 11.1. The van der Waals surface area contributed by atoms with Crippen LogP contribution in [-0.4, -0.2) is 11.1 Å². The van der Waals surface area contributed by atoms with Crippen molar-refractivity contribution in [2.45, 2.75) is 6.61 Å². The highest BCUT2D eigenvalue weighted by Gasteiger charge is 2.15. The largest absolute Gasteiger partial charge is 0.457 e. The third kappa shape index (κ3) is 2.88. The van der Waals surface area contributed by atoms with Gasteiger partial charge in [0.05, 0.1) is 11.8 Å². The van der Waals surface area contributed by atoms with E-state index in [0.29, 0.717) is 5.69 Å². The van der Waals surface area contributed by atoms with E-state index in [1.54, 1.807) is 6.07 Å². The van der Waals surface area contributed by atoms with Crippen LogP contribution in [0.5, 0.6) is 0 Å². The molecule has 7 heteroatoms. The summed E-state index contributed by atoms with van der Waals surface area (Å²) < 4.78 is 41.3. The average molecular weight is 305 g/mol. The Balaban J connectivity index is 1.70. The van der Waals surface area contributed by atoms with Gasteiger partial charge in [-0.05, 0) is 24.3 Å². The summed E-state index contributed by atoms with van der Waals surface area (Å²) in [5.74, 6) is -1.93. The maximum Gasteiger partial charge on any atom is 0.374 e. The fraction of sp³-hybridized carbons (Fsp3) is 0.0667. The van der Waals surface area contributed by atoms with Gasteiger partial charge < -0.3 is 13.7 Å². The molecule has 112 valence electrons. The molecule has 0 spiro atoms. The van der Waals surface area contributed by atoms with Crippen LogP contribution in [0.3, 0.4) is 0 Å². The zero-order valence-electron chi connectivity index (χ0n) is 11.1. The van der Waals surface area contributed by atoms with E-state index < -0.39 is 17.6 Å². The smallest absolute Gasteiger partial charge is 0.374 e. The van der Waals surface area contributed by atoms with Crippen molar-refractivity contribution in [2.24, 2.45) is 0 Å². The van der Waals surface area contributed by atoms with Crippen LogP contribution in [0, 0.1) is 11.6 Å². The van der Waals surface area contributed by atoms with E-state index in [2.05, 4.69) is 5.16 Å². The standard InChI is InChI=1S/C15H9F2NO4/c16-9-3-4-11(12(17)6-9)14-7-10(18-22-14)8-21-15(19)13-2-1-5-20-13/h1-7H,8H2. The molecule has 0 atom stereocenters. The molecular weight excluding hydrogens is 296 g/mol. The van der Waals surface area contributed by atoms with E-state index in [0.717, 1.165) is 12.1 Å². The average Bonchev–Trinajstić information content (AvgIpc) is 3.16. The van der Waals surface area contributed by atoms with Gasteiger partial charge >= 0.3 is 5.97 Å². The second-order valence-electron chi connectivity index (χ2n) is 4.36. The van der Waals surface area contributed by atoms with E-state index in [1.807, 2.05) is 0 Å². The highest BCUT2D eigenvalue weighted by Crippen LogP contribution is 2.24. The predicted octanol–water partition coefficient (Wildman–Crippen LogP) is 3.57. The Morgan fingerprint density at radius 2 is 2.09 bits per heavy atom. The molecule has 0 radical (unpaired) electrons. The lowest BCUT2D eigenvalue weighted by Crippen LogP contribution is -2.03. The van der Waals surface area contributed by atoms with E-state index in [9.17, 15) is 13.6 Å². The minimum absolute atomic E-state index is 0.0632. The van der Waals surface area contributed by atoms with Crippen molar-refractivity contribution in [3.05, 3.63) is 65.7 Å². The van der Waals surface area contributed by atoms with Gasteiger partial charge in [0.15, 0.2) is 5.76 Å². The number of esters is 1. The maximum atomic E-state index is 13.6. The Kier molecular flexibility index (Phi) is 3.69. The molecule has 2 aromatic heterocycles. The molecule has 0 aliphatic carbocycles. The molecule has 0 bridgehead atoms. The molecule has 1 aromatic carbocycles. The number of carbonyl (C=O) groups excluding carboxylic acids is 1. The maximum absolute atomic E-state index is 13.6. The van der Waals surface area contributed by atoms with Crippen LogP contribution in [-0.2, 0) is 11.3 Å². The summed E-state index contributed by atoms with van der Waals surface area (Å²) in [7, 11) is 0. The molecule has 0 fully saturated rings. The first-order chi connectivity index (χ1) is 10.6. The Morgan fingerprint density at radius 3 is 2.82 bits per heavy atom. The van der Waals surface area contributed by atoms with Gasteiger partial charge in [0.25, 0.3) is 0 Å². The second-order valence-corrected chi connectivity index (χ2v) is 4.36. The zero-order chi connectivity index (χ0) is 15.5. The number of benzene rings is 1. The Labute approximate surface area is 123 Å². The lowest BCUT2D eigenvalue weighted by atomic mass is 10.1. The highest BCUT2D eigenvalue weighted by molar-refractivity contribution is 5.86. The molecule has 0 aliphatic heterocycles. The summed E-state index contributed by atoms with van der Waals surface area (Å²) in [5, 5.41) is 3.67. The molecule has 22 heavy (non-hydrogen) atoms. The van der Waals surface area contributed by atoms with Gasteiger partial charge in [0, 0.05) is 12.1 Å². The lowest BCUT2D eigenvalue weighted by molar-refractivity contribution is 0.0428. The quantitative estimate of drug-likeness (QED) is 0.689. The molecule has 0 saturated heterocycles. The topological polar surface area (TPSA) is 65.5 Å². The van der Waals surface area contributed by atoms with Gasteiger partial charge in [-0.15, -0.1) is 0 Å². The van der Waals surface area contributed by atoms with Gasteiger partial charge in [-0.25, -0.2) is 13.6 Å². The lowest BCUT2D eigenvalue weighted by Gasteiger charge is -1.98. The summed E-state index contributed by atoms with van der Waals surface area (Å²) in [4.78, 5) is 11.6. The number of furan rings is 1. The number of halogens is 2. The predicted molar refractivity (Wildman–Crippen MR) is 69.7 cm³/mol. The van der Waals surface area contributed by atoms with Gasteiger partial charge in [0.2, 0.25) is 5.76 Å². The van der Waals surface area contributed by atoms with Crippen LogP contribution in [0.1, 0.15) is 16.2 Å². The fourth-order valence-corrected chi connectivity index (χ4v) is 1.80. The molecule has 0 unspecified atom stereocenters. The van der Waals surface area contributed by atoms with E-state index in [4.69, 9.17) is 13.7 Å². The van der Waals surface area contributed by atoms with Crippen LogP contribution in [0.15, 0.2) is 51.6 Å². The van der Waals surface area contributed by atoms with Crippen LogP contribution < -0.4 is 0 Å². The van der Waals surface area contributed by atoms with Crippen molar-refractivity contribution >= 4 is 5.97 Å². The molecule has 3 rings (SSSR count).